The van der Waals surface area contributed by atoms with E-state index in [1.807, 2.05) is 51.1 Å². The van der Waals surface area contributed by atoms with Gasteiger partial charge in [0.05, 0.1) is 11.8 Å². The lowest BCUT2D eigenvalue weighted by Crippen LogP contribution is -2.34. The fraction of sp³-hybridized carbons (Fsp3) is 0.292. The Hall–Kier alpha value is -3.48. The Balaban J connectivity index is 1.84. The van der Waals surface area contributed by atoms with Gasteiger partial charge in [0, 0.05) is 18.0 Å². The summed E-state index contributed by atoms with van der Waals surface area (Å²) in [5.41, 5.74) is 2.19. The molecule has 0 fully saturated rings. The number of rotatable bonds is 6. The molecule has 0 saturated heterocycles. The number of nitrogens with zero attached hydrogens (tertiary/aromatic N) is 3. The number of halogens is 1. The van der Waals surface area contributed by atoms with Crippen LogP contribution in [0, 0.1) is 5.82 Å². The molecule has 6 nitrogen and oxygen atoms in total. The molecule has 0 radical (unpaired) electrons. The summed E-state index contributed by atoms with van der Waals surface area (Å²) in [7, 11) is 0. The van der Waals surface area contributed by atoms with Gasteiger partial charge in [-0.05, 0) is 43.5 Å². The topological polar surface area (TPSA) is 68.9 Å². The van der Waals surface area contributed by atoms with E-state index in [9.17, 15) is 14.0 Å². The lowest BCUT2D eigenvalue weighted by molar-refractivity contribution is -0.122. The molecule has 2 heterocycles. The Morgan fingerprint density at radius 3 is 2.58 bits per heavy atom. The van der Waals surface area contributed by atoms with Gasteiger partial charge >= 0.3 is 0 Å². The van der Waals surface area contributed by atoms with Crippen LogP contribution in [0.4, 0.5) is 4.39 Å². The minimum Gasteiger partial charge on any atom is -0.352 e. The molecular weight excluding hydrogens is 395 g/mol. The van der Waals surface area contributed by atoms with Gasteiger partial charge < -0.3 is 9.88 Å². The van der Waals surface area contributed by atoms with E-state index >= 15 is 0 Å². The second-order valence-corrected chi connectivity index (χ2v) is 8.18. The molecule has 0 aliphatic rings. The number of fused-ring (bicyclic) bond motifs is 3. The fourth-order valence-corrected chi connectivity index (χ4v) is 3.96. The molecule has 4 aromatic rings. The van der Waals surface area contributed by atoms with Crippen molar-refractivity contribution in [3.05, 3.63) is 76.6 Å². The van der Waals surface area contributed by atoms with Crippen molar-refractivity contribution in [2.24, 2.45) is 0 Å². The van der Waals surface area contributed by atoms with Gasteiger partial charge in [-0.25, -0.2) is 9.37 Å². The maximum atomic E-state index is 13.9. The van der Waals surface area contributed by atoms with E-state index in [-0.39, 0.29) is 30.0 Å². The number of amides is 1. The van der Waals surface area contributed by atoms with E-state index in [0.717, 1.165) is 5.56 Å². The van der Waals surface area contributed by atoms with Crippen LogP contribution in [0.1, 0.15) is 32.3 Å². The van der Waals surface area contributed by atoms with Crippen LogP contribution >= 0.6 is 0 Å². The van der Waals surface area contributed by atoms with E-state index in [1.54, 1.807) is 15.2 Å². The molecule has 2 aromatic carbocycles. The van der Waals surface area contributed by atoms with E-state index in [0.29, 0.717) is 28.5 Å². The molecule has 0 spiro atoms. The lowest BCUT2D eigenvalue weighted by Gasteiger charge is -2.14. The van der Waals surface area contributed by atoms with Crippen LogP contribution in [-0.2, 0) is 17.9 Å². The molecule has 0 aliphatic heterocycles. The van der Waals surface area contributed by atoms with Gasteiger partial charge in [-0.15, -0.1) is 0 Å². The standard InChI is InChI=1S/C24H25FN4O2/c1-15(2)27-21(30)13-29-20-10-9-18(25)11-19(20)22-23(29)24(31)28(14-26-22)12-16(3)17-7-5-4-6-8-17/h4-11,14-16H,12-13H2,1-3H3,(H,27,30). The molecule has 1 atom stereocenters. The average molecular weight is 420 g/mol. The molecule has 31 heavy (non-hydrogen) atoms. The minimum atomic E-state index is -0.415. The fourth-order valence-electron chi connectivity index (χ4n) is 3.96. The summed E-state index contributed by atoms with van der Waals surface area (Å²) in [5, 5.41) is 3.37. The van der Waals surface area contributed by atoms with Crippen LogP contribution in [0.3, 0.4) is 0 Å². The second-order valence-electron chi connectivity index (χ2n) is 8.18. The third-order valence-corrected chi connectivity index (χ3v) is 5.38. The third-order valence-electron chi connectivity index (χ3n) is 5.38. The average Bonchev–Trinajstić information content (AvgIpc) is 3.03. The maximum Gasteiger partial charge on any atom is 0.277 e. The Morgan fingerprint density at radius 2 is 1.87 bits per heavy atom. The zero-order chi connectivity index (χ0) is 22.1. The second kappa shape index (κ2) is 8.34. The van der Waals surface area contributed by atoms with Crippen molar-refractivity contribution < 1.29 is 9.18 Å². The van der Waals surface area contributed by atoms with Crippen LogP contribution in [0.15, 0.2) is 59.7 Å². The first kappa shape index (κ1) is 20.8. The lowest BCUT2D eigenvalue weighted by atomic mass is 10.0. The number of aromatic nitrogens is 3. The summed E-state index contributed by atoms with van der Waals surface area (Å²) in [6, 6.07) is 14.2. The van der Waals surface area contributed by atoms with Crippen molar-refractivity contribution in [3.63, 3.8) is 0 Å². The van der Waals surface area contributed by atoms with E-state index in [4.69, 9.17) is 0 Å². The number of benzene rings is 2. The van der Waals surface area contributed by atoms with Crippen molar-refractivity contribution in [1.82, 2.24) is 19.4 Å². The Bertz CT molecular complexity index is 1310. The molecule has 1 unspecified atom stereocenters. The predicted molar refractivity (Wildman–Crippen MR) is 120 cm³/mol. The van der Waals surface area contributed by atoms with Crippen LogP contribution in [0.25, 0.3) is 21.9 Å². The van der Waals surface area contributed by atoms with Crippen molar-refractivity contribution in [1.29, 1.82) is 0 Å². The van der Waals surface area contributed by atoms with Crippen LogP contribution in [0.5, 0.6) is 0 Å². The largest absolute Gasteiger partial charge is 0.352 e. The molecule has 0 saturated carbocycles. The molecular formula is C24H25FN4O2. The van der Waals surface area contributed by atoms with Crippen molar-refractivity contribution >= 4 is 27.8 Å². The summed E-state index contributed by atoms with van der Waals surface area (Å²) < 4.78 is 17.1. The summed E-state index contributed by atoms with van der Waals surface area (Å²) in [6.07, 6.45) is 1.51. The summed E-state index contributed by atoms with van der Waals surface area (Å²) in [4.78, 5) is 30.4. The summed E-state index contributed by atoms with van der Waals surface area (Å²) >= 11 is 0. The molecule has 7 heteroatoms. The zero-order valence-electron chi connectivity index (χ0n) is 17.8. The SMILES string of the molecule is CC(C)NC(=O)Cn1c2ccc(F)cc2c2ncn(CC(C)c3ccccc3)c(=O)c21. The molecule has 160 valence electrons. The van der Waals surface area contributed by atoms with Crippen molar-refractivity contribution in [2.45, 2.75) is 45.8 Å². The van der Waals surface area contributed by atoms with Crippen LogP contribution < -0.4 is 10.9 Å². The summed E-state index contributed by atoms with van der Waals surface area (Å²) in [6.45, 7) is 6.20. The van der Waals surface area contributed by atoms with Gasteiger partial charge in [0.2, 0.25) is 5.91 Å². The Kier molecular flexibility index (Phi) is 5.59. The van der Waals surface area contributed by atoms with Crippen molar-refractivity contribution in [2.75, 3.05) is 0 Å². The molecule has 4 rings (SSSR count). The molecule has 1 N–H and O–H groups in total. The van der Waals surface area contributed by atoms with Gasteiger partial charge in [-0.3, -0.25) is 14.2 Å². The van der Waals surface area contributed by atoms with Crippen LogP contribution in [0.2, 0.25) is 0 Å². The highest BCUT2D eigenvalue weighted by Gasteiger charge is 2.20. The number of carbonyl (C=O) groups is 1. The monoisotopic (exact) mass is 420 g/mol. The smallest absolute Gasteiger partial charge is 0.277 e. The van der Waals surface area contributed by atoms with Gasteiger partial charge in [-0.2, -0.15) is 0 Å². The van der Waals surface area contributed by atoms with Crippen LogP contribution in [-0.4, -0.2) is 26.1 Å². The first-order chi connectivity index (χ1) is 14.8. The number of hydrogen-bond donors (Lipinski definition) is 1. The highest BCUT2D eigenvalue weighted by Crippen LogP contribution is 2.26. The van der Waals surface area contributed by atoms with Gasteiger partial charge in [0.15, 0.2) is 0 Å². The molecule has 0 bridgehead atoms. The normalized spacial score (nSPS) is 12.5. The highest BCUT2D eigenvalue weighted by molar-refractivity contribution is 6.06. The Morgan fingerprint density at radius 1 is 1.13 bits per heavy atom. The first-order valence-electron chi connectivity index (χ1n) is 10.4. The van der Waals surface area contributed by atoms with E-state index in [1.165, 1.54) is 18.5 Å². The van der Waals surface area contributed by atoms with Gasteiger partial charge in [-0.1, -0.05) is 37.3 Å². The van der Waals surface area contributed by atoms with Gasteiger partial charge in [0.1, 0.15) is 23.4 Å². The van der Waals surface area contributed by atoms with E-state index in [2.05, 4.69) is 10.3 Å². The molecule has 0 aliphatic carbocycles. The van der Waals surface area contributed by atoms with Gasteiger partial charge in [0.25, 0.3) is 5.56 Å². The maximum absolute atomic E-state index is 13.9. The van der Waals surface area contributed by atoms with E-state index < -0.39 is 5.82 Å². The molecule has 2 aromatic heterocycles. The summed E-state index contributed by atoms with van der Waals surface area (Å²) in [5.74, 6) is -0.537. The number of carbonyl (C=O) groups excluding carboxylic acids is 1. The predicted octanol–water partition coefficient (Wildman–Crippen LogP) is 3.82. The number of nitrogens with one attached hydrogen (secondary N) is 1. The number of hydrogen-bond acceptors (Lipinski definition) is 3. The quantitative estimate of drug-likeness (QED) is 0.516. The third kappa shape index (κ3) is 4.08. The Labute approximate surface area is 179 Å². The first-order valence-corrected chi connectivity index (χ1v) is 10.4. The van der Waals surface area contributed by atoms with Crippen molar-refractivity contribution in [3.8, 4) is 0 Å². The zero-order valence-corrected chi connectivity index (χ0v) is 17.8. The highest BCUT2D eigenvalue weighted by atomic mass is 19.1. The minimum absolute atomic E-state index is 0.0282. The molecule has 1 amide bonds.